The van der Waals surface area contributed by atoms with Gasteiger partial charge in [-0.1, -0.05) is 0 Å². The Labute approximate surface area is 108 Å². The summed E-state index contributed by atoms with van der Waals surface area (Å²) < 4.78 is 23.0. The number of carbonyl (C=O) groups excluding carboxylic acids is 1. The molecule has 0 atom stereocenters. The van der Waals surface area contributed by atoms with Crippen molar-refractivity contribution in [2.45, 2.75) is 0 Å². The second kappa shape index (κ2) is 4.56. The fraction of sp³-hybridized carbons (Fsp3) is 0.0769. The van der Waals surface area contributed by atoms with Gasteiger partial charge in [-0.15, -0.1) is 0 Å². The van der Waals surface area contributed by atoms with E-state index < -0.39 is 5.82 Å². The molecule has 3 rings (SSSR count). The zero-order valence-corrected chi connectivity index (χ0v) is 9.72. The standard InChI is InChI=1S/C13H9FN2O3/c14-9-2-4-12(15-6-9)16-13(17)8-1-3-10-11(5-8)19-7-18-10/h1-6H,7H2,(H,15,16,17). The lowest BCUT2D eigenvalue weighted by Crippen LogP contribution is -2.12. The average molecular weight is 260 g/mol. The summed E-state index contributed by atoms with van der Waals surface area (Å²) >= 11 is 0. The molecule has 1 aromatic heterocycles. The number of halogens is 1. The molecule has 2 heterocycles. The maximum Gasteiger partial charge on any atom is 0.256 e. The van der Waals surface area contributed by atoms with Crippen molar-refractivity contribution in [3.8, 4) is 11.5 Å². The van der Waals surface area contributed by atoms with E-state index in [0.29, 0.717) is 17.1 Å². The second-order valence-corrected chi connectivity index (χ2v) is 3.88. The van der Waals surface area contributed by atoms with E-state index in [9.17, 15) is 9.18 Å². The van der Waals surface area contributed by atoms with Crippen LogP contribution in [0.4, 0.5) is 10.2 Å². The van der Waals surface area contributed by atoms with Crippen LogP contribution in [0.2, 0.25) is 0 Å². The summed E-state index contributed by atoms with van der Waals surface area (Å²) in [5, 5.41) is 2.56. The molecule has 2 aromatic rings. The predicted octanol–water partition coefficient (Wildman–Crippen LogP) is 2.20. The van der Waals surface area contributed by atoms with Crippen LogP contribution in [-0.4, -0.2) is 17.7 Å². The van der Waals surface area contributed by atoms with Crippen molar-refractivity contribution in [2.75, 3.05) is 12.1 Å². The number of nitrogens with zero attached hydrogens (tertiary/aromatic N) is 1. The topological polar surface area (TPSA) is 60.5 Å². The van der Waals surface area contributed by atoms with Crippen LogP contribution in [-0.2, 0) is 0 Å². The molecule has 1 aliphatic heterocycles. The van der Waals surface area contributed by atoms with Gasteiger partial charge in [-0.25, -0.2) is 9.37 Å². The smallest absolute Gasteiger partial charge is 0.256 e. The van der Waals surface area contributed by atoms with E-state index in [2.05, 4.69) is 10.3 Å². The Kier molecular flexibility index (Phi) is 2.75. The van der Waals surface area contributed by atoms with Gasteiger partial charge in [0.25, 0.3) is 5.91 Å². The Morgan fingerprint density at radius 2 is 2.05 bits per heavy atom. The summed E-state index contributed by atoms with van der Waals surface area (Å²) in [5.41, 5.74) is 0.412. The molecule has 0 saturated carbocycles. The SMILES string of the molecule is O=C(Nc1ccc(F)cn1)c1ccc2c(c1)OCO2. The Morgan fingerprint density at radius 3 is 2.84 bits per heavy atom. The first kappa shape index (κ1) is 11.5. The average Bonchev–Trinajstić information content (AvgIpc) is 2.88. The van der Waals surface area contributed by atoms with Crippen molar-refractivity contribution < 1.29 is 18.7 Å². The Hall–Kier alpha value is -2.63. The number of hydrogen-bond donors (Lipinski definition) is 1. The largest absolute Gasteiger partial charge is 0.454 e. The zero-order chi connectivity index (χ0) is 13.2. The molecule has 0 aliphatic carbocycles. The minimum Gasteiger partial charge on any atom is -0.454 e. The van der Waals surface area contributed by atoms with Gasteiger partial charge in [-0.05, 0) is 30.3 Å². The Morgan fingerprint density at radius 1 is 1.21 bits per heavy atom. The number of pyridine rings is 1. The van der Waals surface area contributed by atoms with Gasteiger partial charge in [0.05, 0.1) is 6.20 Å². The van der Waals surface area contributed by atoms with Crippen LogP contribution >= 0.6 is 0 Å². The summed E-state index contributed by atoms with van der Waals surface area (Å²) in [6.45, 7) is 0.153. The third-order valence-corrected chi connectivity index (χ3v) is 2.60. The number of amides is 1. The number of anilines is 1. The van der Waals surface area contributed by atoms with Crippen molar-refractivity contribution in [2.24, 2.45) is 0 Å². The molecule has 96 valence electrons. The first-order valence-electron chi connectivity index (χ1n) is 5.55. The van der Waals surface area contributed by atoms with Crippen molar-refractivity contribution in [3.05, 3.63) is 47.9 Å². The molecule has 0 unspecified atom stereocenters. The molecule has 6 heteroatoms. The van der Waals surface area contributed by atoms with Crippen LogP contribution in [0.5, 0.6) is 11.5 Å². The van der Waals surface area contributed by atoms with Gasteiger partial charge >= 0.3 is 0 Å². The number of aromatic nitrogens is 1. The molecule has 1 amide bonds. The van der Waals surface area contributed by atoms with Crippen LogP contribution in [0.3, 0.4) is 0 Å². The highest BCUT2D eigenvalue weighted by Crippen LogP contribution is 2.32. The highest BCUT2D eigenvalue weighted by Gasteiger charge is 2.16. The van der Waals surface area contributed by atoms with E-state index in [1.807, 2.05) is 0 Å². The number of carbonyl (C=O) groups is 1. The lowest BCUT2D eigenvalue weighted by Gasteiger charge is -2.05. The van der Waals surface area contributed by atoms with Crippen LogP contribution in [0, 0.1) is 5.82 Å². The van der Waals surface area contributed by atoms with E-state index >= 15 is 0 Å². The van der Waals surface area contributed by atoms with Crippen molar-refractivity contribution in [1.29, 1.82) is 0 Å². The normalized spacial score (nSPS) is 12.3. The van der Waals surface area contributed by atoms with Gasteiger partial charge in [0.2, 0.25) is 6.79 Å². The maximum absolute atomic E-state index is 12.7. The number of nitrogens with one attached hydrogen (secondary N) is 1. The molecule has 5 nitrogen and oxygen atoms in total. The van der Waals surface area contributed by atoms with Crippen LogP contribution < -0.4 is 14.8 Å². The first-order valence-corrected chi connectivity index (χ1v) is 5.55. The van der Waals surface area contributed by atoms with E-state index in [1.54, 1.807) is 18.2 Å². The highest BCUT2D eigenvalue weighted by molar-refractivity contribution is 6.04. The number of benzene rings is 1. The van der Waals surface area contributed by atoms with Gasteiger partial charge in [-0.3, -0.25) is 4.79 Å². The molecule has 0 spiro atoms. The van der Waals surface area contributed by atoms with E-state index in [0.717, 1.165) is 6.20 Å². The summed E-state index contributed by atoms with van der Waals surface area (Å²) in [4.78, 5) is 15.7. The van der Waals surface area contributed by atoms with Crippen molar-refractivity contribution in [1.82, 2.24) is 4.98 Å². The van der Waals surface area contributed by atoms with Gasteiger partial charge in [-0.2, -0.15) is 0 Å². The number of hydrogen-bond acceptors (Lipinski definition) is 4. The zero-order valence-electron chi connectivity index (χ0n) is 9.72. The van der Waals surface area contributed by atoms with Gasteiger partial charge < -0.3 is 14.8 Å². The third kappa shape index (κ3) is 2.33. The fourth-order valence-corrected chi connectivity index (χ4v) is 1.68. The first-order chi connectivity index (χ1) is 9.22. The predicted molar refractivity (Wildman–Crippen MR) is 64.7 cm³/mol. The quantitative estimate of drug-likeness (QED) is 0.899. The Bertz CT molecular complexity index is 628. The summed E-state index contributed by atoms with van der Waals surface area (Å²) in [7, 11) is 0. The van der Waals surface area contributed by atoms with Gasteiger partial charge in [0.1, 0.15) is 11.6 Å². The summed E-state index contributed by atoms with van der Waals surface area (Å²) in [6, 6.07) is 7.48. The van der Waals surface area contributed by atoms with E-state index in [1.165, 1.54) is 12.1 Å². The fourth-order valence-electron chi connectivity index (χ4n) is 1.68. The lowest BCUT2D eigenvalue weighted by molar-refractivity contribution is 0.102. The highest BCUT2D eigenvalue weighted by atomic mass is 19.1. The molecular weight excluding hydrogens is 251 g/mol. The van der Waals surface area contributed by atoms with Crippen LogP contribution in [0.25, 0.3) is 0 Å². The summed E-state index contributed by atoms with van der Waals surface area (Å²) in [6.07, 6.45) is 1.04. The lowest BCUT2D eigenvalue weighted by atomic mass is 10.2. The van der Waals surface area contributed by atoms with Crippen LogP contribution in [0.15, 0.2) is 36.5 Å². The monoisotopic (exact) mass is 260 g/mol. The minimum absolute atomic E-state index is 0.153. The van der Waals surface area contributed by atoms with Gasteiger partial charge in [0, 0.05) is 5.56 Å². The number of rotatable bonds is 2. The van der Waals surface area contributed by atoms with Crippen molar-refractivity contribution >= 4 is 11.7 Å². The molecule has 0 fully saturated rings. The molecule has 1 N–H and O–H groups in total. The third-order valence-electron chi connectivity index (χ3n) is 2.60. The minimum atomic E-state index is -0.457. The molecule has 0 saturated heterocycles. The molecule has 19 heavy (non-hydrogen) atoms. The Balaban J connectivity index is 1.78. The van der Waals surface area contributed by atoms with Gasteiger partial charge in [0.15, 0.2) is 11.5 Å². The summed E-state index contributed by atoms with van der Waals surface area (Å²) in [5.74, 6) is 0.610. The molecule has 0 bridgehead atoms. The molecule has 1 aromatic carbocycles. The molecular formula is C13H9FN2O3. The number of ether oxygens (including phenoxy) is 2. The van der Waals surface area contributed by atoms with E-state index in [4.69, 9.17) is 9.47 Å². The second-order valence-electron chi connectivity index (χ2n) is 3.88. The number of fused-ring (bicyclic) bond motifs is 1. The van der Waals surface area contributed by atoms with Crippen molar-refractivity contribution in [3.63, 3.8) is 0 Å². The molecule has 1 aliphatic rings. The van der Waals surface area contributed by atoms with E-state index in [-0.39, 0.29) is 18.5 Å². The molecule has 0 radical (unpaired) electrons. The van der Waals surface area contributed by atoms with Crippen LogP contribution in [0.1, 0.15) is 10.4 Å². The maximum atomic E-state index is 12.7.